The molecule has 2 aromatic carbocycles. The van der Waals surface area contributed by atoms with E-state index in [2.05, 4.69) is 45.5 Å². The minimum absolute atomic E-state index is 0.0491. The lowest BCUT2D eigenvalue weighted by Gasteiger charge is -2.28. The van der Waals surface area contributed by atoms with Gasteiger partial charge in [-0.15, -0.1) is 0 Å². The number of nitrogens with one attached hydrogen (secondary N) is 4. The summed E-state index contributed by atoms with van der Waals surface area (Å²) < 4.78 is 0. The van der Waals surface area contributed by atoms with Crippen LogP contribution < -0.4 is 21.3 Å². The molecule has 1 saturated carbocycles. The van der Waals surface area contributed by atoms with E-state index in [1.165, 1.54) is 16.3 Å². The van der Waals surface area contributed by atoms with Gasteiger partial charge in [0.2, 0.25) is 11.8 Å². The van der Waals surface area contributed by atoms with E-state index >= 15 is 0 Å². The third kappa shape index (κ3) is 12.2. The highest BCUT2D eigenvalue weighted by molar-refractivity contribution is 5.87. The summed E-state index contributed by atoms with van der Waals surface area (Å²) in [4.78, 5) is 71.5. The Morgan fingerprint density at radius 1 is 0.792 bits per heavy atom. The van der Waals surface area contributed by atoms with Gasteiger partial charge in [0.25, 0.3) is 0 Å². The second-order valence-electron chi connectivity index (χ2n) is 12.5. The van der Waals surface area contributed by atoms with Crippen LogP contribution in [0.4, 0.5) is 4.79 Å². The summed E-state index contributed by atoms with van der Waals surface area (Å²) in [6, 6.07) is 10.6. The molecule has 0 aliphatic heterocycles. The highest BCUT2D eigenvalue weighted by Gasteiger charge is 2.28. The molecular formula is C35H48N4O9. The Kier molecular flexibility index (Phi) is 15.1. The van der Waals surface area contributed by atoms with E-state index in [0.717, 1.165) is 32.1 Å². The van der Waals surface area contributed by atoms with Gasteiger partial charge in [-0.1, -0.05) is 49.4 Å². The second kappa shape index (κ2) is 19.2. The number of hydrogen-bond acceptors (Lipinski definition) is 6. The first-order valence-corrected chi connectivity index (χ1v) is 16.7. The SMILES string of the molecule is CC[C@@H](Cc1cccc2ccccc12)C(=O)NCC1CCC(C(=O)NCCCC[C@H](NC(=O)N[C@@H](CCC(=O)O)C(=O)O)C(=O)O)CC1. The molecule has 1 aliphatic rings. The molecule has 7 N–H and O–H groups in total. The van der Waals surface area contributed by atoms with E-state index in [4.69, 9.17) is 10.2 Å². The third-order valence-corrected chi connectivity index (χ3v) is 9.06. The monoisotopic (exact) mass is 668 g/mol. The third-order valence-electron chi connectivity index (χ3n) is 9.06. The molecule has 1 aliphatic carbocycles. The van der Waals surface area contributed by atoms with Crippen LogP contribution in [0.15, 0.2) is 42.5 Å². The number of amides is 4. The molecule has 2 aromatic rings. The van der Waals surface area contributed by atoms with Crippen LogP contribution in [0.2, 0.25) is 0 Å². The van der Waals surface area contributed by atoms with Gasteiger partial charge in [-0.2, -0.15) is 0 Å². The average molecular weight is 669 g/mol. The Balaban J connectivity index is 1.32. The van der Waals surface area contributed by atoms with Crippen LogP contribution in [-0.2, 0) is 30.4 Å². The average Bonchev–Trinajstić information content (AvgIpc) is 3.07. The number of fused-ring (bicyclic) bond motifs is 1. The van der Waals surface area contributed by atoms with Crippen molar-refractivity contribution in [2.45, 2.75) is 89.6 Å². The minimum atomic E-state index is -1.47. The van der Waals surface area contributed by atoms with Crippen molar-refractivity contribution in [3.63, 3.8) is 0 Å². The van der Waals surface area contributed by atoms with E-state index in [9.17, 15) is 33.9 Å². The van der Waals surface area contributed by atoms with E-state index < -0.39 is 42.4 Å². The van der Waals surface area contributed by atoms with Crippen LogP contribution in [-0.4, -0.2) is 76.2 Å². The molecule has 0 bridgehead atoms. The molecule has 3 rings (SSSR count). The number of carboxylic acids is 3. The molecule has 13 heteroatoms. The van der Waals surface area contributed by atoms with E-state index in [0.29, 0.717) is 38.3 Å². The first-order chi connectivity index (χ1) is 23.0. The lowest BCUT2D eigenvalue weighted by molar-refractivity contribution is -0.141. The summed E-state index contributed by atoms with van der Waals surface area (Å²) in [6.07, 6.45) is 4.65. The van der Waals surface area contributed by atoms with E-state index in [-0.39, 0.29) is 36.5 Å². The molecule has 0 radical (unpaired) electrons. The Bertz CT molecular complexity index is 1420. The number of urea groups is 1. The van der Waals surface area contributed by atoms with Gasteiger partial charge in [0.15, 0.2) is 0 Å². The summed E-state index contributed by atoms with van der Waals surface area (Å²) in [7, 11) is 0. The zero-order chi connectivity index (χ0) is 35.1. The number of carboxylic acid groups (broad SMARTS) is 3. The fourth-order valence-corrected chi connectivity index (χ4v) is 6.15. The van der Waals surface area contributed by atoms with Gasteiger partial charge >= 0.3 is 23.9 Å². The number of aliphatic carboxylic acids is 3. The van der Waals surface area contributed by atoms with Crippen LogP contribution in [0.3, 0.4) is 0 Å². The maximum Gasteiger partial charge on any atom is 0.326 e. The number of hydrogen-bond donors (Lipinski definition) is 7. The van der Waals surface area contributed by atoms with Gasteiger partial charge in [-0.3, -0.25) is 14.4 Å². The first kappa shape index (κ1) is 37.8. The van der Waals surface area contributed by atoms with Crippen molar-refractivity contribution in [3.8, 4) is 0 Å². The molecule has 0 unspecified atom stereocenters. The fourth-order valence-electron chi connectivity index (χ4n) is 6.15. The van der Waals surface area contributed by atoms with Crippen molar-refractivity contribution >= 4 is 46.5 Å². The predicted molar refractivity (Wildman–Crippen MR) is 178 cm³/mol. The number of benzene rings is 2. The largest absolute Gasteiger partial charge is 0.481 e. The lowest BCUT2D eigenvalue weighted by atomic mass is 9.81. The van der Waals surface area contributed by atoms with Gasteiger partial charge in [-0.25, -0.2) is 14.4 Å². The van der Waals surface area contributed by atoms with E-state index in [1.54, 1.807) is 0 Å². The van der Waals surface area contributed by atoms with Crippen molar-refractivity contribution in [2.75, 3.05) is 13.1 Å². The smallest absolute Gasteiger partial charge is 0.326 e. The van der Waals surface area contributed by atoms with Crippen molar-refractivity contribution in [1.82, 2.24) is 21.3 Å². The molecule has 0 saturated heterocycles. The standard InChI is InChI=1S/C35H48N4O9/c1-2-23(20-26-10-7-9-24-8-3-4-11-27(24)26)31(42)37-21-22-13-15-25(16-14-22)32(43)36-19-6-5-12-28(33(44)45)38-35(48)39-29(34(46)47)17-18-30(40)41/h3-4,7-11,22-23,25,28-29H,2,5-6,12-21H2,1H3,(H,36,43)(H,37,42)(H,40,41)(H,44,45)(H,46,47)(H2,38,39,48)/t22?,23-,25?,28-,29-/m0/s1. The van der Waals surface area contributed by atoms with Gasteiger partial charge in [0.1, 0.15) is 12.1 Å². The summed E-state index contributed by atoms with van der Waals surface area (Å²) in [5.41, 5.74) is 1.17. The van der Waals surface area contributed by atoms with Crippen molar-refractivity contribution in [1.29, 1.82) is 0 Å². The molecule has 0 heterocycles. The molecule has 1 fully saturated rings. The van der Waals surface area contributed by atoms with Crippen molar-refractivity contribution < 1.29 is 44.1 Å². The van der Waals surface area contributed by atoms with Crippen molar-refractivity contribution in [2.24, 2.45) is 17.8 Å². The maximum atomic E-state index is 13.1. The van der Waals surface area contributed by atoms with Gasteiger partial charge in [0, 0.05) is 31.3 Å². The maximum absolute atomic E-state index is 13.1. The summed E-state index contributed by atoms with van der Waals surface area (Å²) in [5.74, 6) is -3.85. The highest BCUT2D eigenvalue weighted by atomic mass is 16.4. The molecule has 0 spiro atoms. The number of rotatable bonds is 19. The van der Waals surface area contributed by atoms with E-state index in [1.807, 2.05) is 25.1 Å². The topological polar surface area (TPSA) is 211 Å². The Hall–Kier alpha value is -4.68. The molecule has 262 valence electrons. The Morgan fingerprint density at radius 3 is 2.08 bits per heavy atom. The molecule has 3 atom stereocenters. The van der Waals surface area contributed by atoms with Crippen LogP contribution >= 0.6 is 0 Å². The van der Waals surface area contributed by atoms with Crippen LogP contribution in [0.25, 0.3) is 10.8 Å². The minimum Gasteiger partial charge on any atom is -0.481 e. The van der Waals surface area contributed by atoms with Crippen molar-refractivity contribution in [3.05, 3.63) is 48.0 Å². The molecule has 4 amide bonds. The number of carbonyl (C=O) groups is 6. The molecular weight excluding hydrogens is 620 g/mol. The molecule has 0 aromatic heterocycles. The van der Waals surface area contributed by atoms with Gasteiger partial charge < -0.3 is 36.6 Å². The quantitative estimate of drug-likeness (QED) is 0.109. The summed E-state index contributed by atoms with van der Waals surface area (Å²) >= 11 is 0. The van der Waals surface area contributed by atoms with Crippen LogP contribution in [0.5, 0.6) is 0 Å². The van der Waals surface area contributed by atoms with Gasteiger partial charge in [0.05, 0.1) is 0 Å². The zero-order valence-electron chi connectivity index (χ0n) is 27.4. The number of carbonyl (C=O) groups excluding carboxylic acids is 3. The Morgan fingerprint density at radius 2 is 1.44 bits per heavy atom. The van der Waals surface area contributed by atoms with Gasteiger partial charge in [-0.05, 0) is 86.5 Å². The summed E-state index contributed by atoms with van der Waals surface area (Å²) in [5, 5.41) is 40.1. The predicted octanol–water partition coefficient (Wildman–Crippen LogP) is 3.69. The lowest BCUT2D eigenvalue weighted by Crippen LogP contribution is -2.51. The summed E-state index contributed by atoms with van der Waals surface area (Å²) in [6.45, 7) is 2.97. The van der Waals surface area contributed by atoms with Crippen LogP contribution in [0.1, 0.15) is 76.7 Å². The fraction of sp³-hybridized carbons (Fsp3) is 0.543. The highest BCUT2D eigenvalue weighted by Crippen LogP contribution is 2.29. The normalized spacial score (nSPS) is 17.8. The molecule has 48 heavy (non-hydrogen) atoms. The Labute approximate surface area is 280 Å². The zero-order valence-corrected chi connectivity index (χ0v) is 27.4. The number of unbranched alkanes of at least 4 members (excludes halogenated alkanes) is 1. The van der Waals surface area contributed by atoms with Crippen LogP contribution in [0, 0.1) is 17.8 Å². The molecule has 13 nitrogen and oxygen atoms in total. The second-order valence-corrected chi connectivity index (χ2v) is 12.5. The first-order valence-electron chi connectivity index (χ1n) is 16.7.